The van der Waals surface area contributed by atoms with Gasteiger partial charge >= 0.3 is 0 Å². The van der Waals surface area contributed by atoms with E-state index < -0.39 is 0 Å². The lowest BCUT2D eigenvalue weighted by Gasteiger charge is -2.72. The number of hydrogen-bond donors (Lipinski definition) is 0. The third-order valence-corrected chi connectivity index (χ3v) is 13.8. The summed E-state index contributed by atoms with van der Waals surface area (Å²) in [5.74, 6) is 3.51. The molecule has 0 unspecified atom stereocenters. The average molecular weight is 480 g/mol. The zero-order valence-electron chi connectivity index (χ0n) is 23.7. The van der Waals surface area contributed by atoms with Crippen molar-refractivity contribution in [1.82, 2.24) is 5.16 Å². The highest BCUT2D eigenvalue weighted by Crippen LogP contribution is 2.76. The van der Waals surface area contributed by atoms with Gasteiger partial charge in [0, 0.05) is 23.3 Å². The first-order valence-corrected chi connectivity index (χ1v) is 14.7. The number of fused-ring (bicyclic) bond motifs is 8. The van der Waals surface area contributed by atoms with Crippen molar-refractivity contribution in [2.75, 3.05) is 0 Å². The van der Waals surface area contributed by atoms with Crippen LogP contribution >= 0.6 is 0 Å². The molecule has 1 aromatic rings. The fourth-order valence-electron chi connectivity index (χ4n) is 11.7. The molecule has 0 bridgehead atoms. The Kier molecular flexibility index (Phi) is 4.88. The molecule has 3 nitrogen and oxygen atoms in total. The van der Waals surface area contributed by atoms with Gasteiger partial charge in [-0.2, -0.15) is 0 Å². The second-order valence-corrected chi connectivity index (χ2v) is 15.9. The van der Waals surface area contributed by atoms with E-state index in [-0.39, 0.29) is 27.6 Å². The number of nitrogens with zero attached hydrogens (tertiary/aromatic N) is 1. The van der Waals surface area contributed by atoms with E-state index in [4.69, 9.17) is 4.52 Å². The molecule has 5 aliphatic carbocycles. The molecule has 0 amide bonds. The molecule has 6 rings (SSSR count). The maximum absolute atomic E-state index is 14.5. The van der Waals surface area contributed by atoms with Crippen molar-refractivity contribution in [3.05, 3.63) is 17.5 Å². The molecular weight excluding hydrogens is 430 g/mol. The monoisotopic (exact) mass is 479 g/mol. The van der Waals surface area contributed by atoms with E-state index in [1.54, 1.807) is 0 Å². The van der Waals surface area contributed by atoms with E-state index >= 15 is 0 Å². The minimum absolute atomic E-state index is 0.0295. The van der Waals surface area contributed by atoms with Gasteiger partial charge in [-0.3, -0.25) is 4.79 Å². The molecule has 8 atom stereocenters. The largest absolute Gasteiger partial charge is 0.361 e. The van der Waals surface area contributed by atoms with Gasteiger partial charge in [-0.05, 0) is 96.2 Å². The molecule has 0 radical (unpaired) electrons. The Balaban J connectivity index is 1.45. The Morgan fingerprint density at radius 3 is 2.37 bits per heavy atom. The number of carbonyl (C=O) groups excluding carboxylic acids is 1. The molecule has 3 heteroatoms. The van der Waals surface area contributed by atoms with Crippen molar-refractivity contribution < 1.29 is 9.32 Å². The summed E-state index contributed by atoms with van der Waals surface area (Å²) in [7, 11) is 0. The Bertz CT molecular complexity index is 1050. The summed E-state index contributed by atoms with van der Waals surface area (Å²) in [6.07, 6.45) is 14.0. The summed E-state index contributed by atoms with van der Waals surface area (Å²) in [5.41, 5.74) is 2.45. The molecule has 4 fully saturated rings. The summed E-state index contributed by atoms with van der Waals surface area (Å²) in [5, 5.41) is 4.24. The molecule has 0 aliphatic heterocycles. The second-order valence-electron chi connectivity index (χ2n) is 15.9. The van der Waals surface area contributed by atoms with Crippen LogP contribution in [0.25, 0.3) is 0 Å². The molecule has 5 aliphatic rings. The summed E-state index contributed by atoms with van der Waals surface area (Å²) >= 11 is 0. The molecule has 1 aromatic heterocycles. The Hall–Kier alpha value is -1.12. The zero-order valence-corrected chi connectivity index (χ0v) is 23.7. The molecule has 0 N–H and O–H groups in total. The van der Waals surface area contributed by atoms with Crippen LogP contribution in [0.15, 0.2) is 10.7 Å². The number of ketones is 1. The highest BCUT2D eigenvalue weighted by Gasteiger charge is 2.72. The minimum Gasteiger partial charge on any atom is -0.361 e. The highest BCUT2D eigenvalue weighted by molar-refractivity contribution is 5.84. The van der Waals surface area contributed by atoms with E-state index in [1.165, 1.54) is 56.9 Å². The number of Topliss-reactive ketones (excluding diaryl/α,β-unsaturated/α-hetero) is 1. The number of aromatic nitrogens is 1. The molecule has 0 aromatic carbocycles. The fraction of sp³-hybridized carbons (Fsp3) is 0.875. The lowest BCUT2D eigenvalue weighted by molar-refractivity contribution is -0.229. The lowest BCUT2D eigenvalue weighted by Crippen LogP contribution is -2.69. The third kappa shape index (κ3) is 2.85. The number of hydrogen-bond acceptors (Lipinski definition) is 3. The first kappa shape index (κ1) is 24.2. The van der Waals surface area contributed by atoms with Crippen molar-refractivity contribution in [3.63, 3.8) is 0 Å². The van der Waals surface area contributed by atoms with E-state index in [9.17, 15) is 4.79 Å². The molecular formula is C32H49NO2. The Morgan fingerprint density at radius 1 is 0.943 bits per heavy atom. The second kappa shape index (κ2) is 7.04. The Labute approximate surface area is 213 Å². The number of rotatable bonds is 1. The standard InChI is InChI=1S/C32H49NO2/c1-9-32-14-12-27(2,3)18-21(32)25-22(34)16-24-29(6)17-20-19-33-35-26(20)28(4,5)23(29)10-11-30(24,7)31(25,8)13-15-32/h19,21,23-25H,9-18H2,1-8H3/t21-,23-,24+,25-,29-,30+,31+,32+/m0/s1. The summed E-state index contributed by atoms with van der Waals surface area (Å²) < 4.78 is 5.84. The van der Waals surface area contributed by atoms with Gasteiger partial charge in [-0.15, -0.1) is 0 Å². The van der Waals surface area contributed by atoms with Crippen LogP contribution in [-0.4, -0.2) is 10.9 Å². The summed E-state index contributed by atoms with van der Waals surface area (Å²) in [4.78, 5) is 14.5. The first-order valence-electron chi connectivity index (χ1n) is 14.7. The van der Waals surface area contributed by atoms with Crippen LogP contribution in [-0.2, 0) is 16.6 Å². The van der Waals surface area contributed by atoms with Gasteiger partial charge in [0.15, 0.2) is 0 Å². The van der Waals surface area contributed by atoms with Gasteiger partial charge in [0.1, 0.15) is 11.5 Å². The van der Waals surface area contributed by atoms with Crippen molar-refractivity contribution in [3.8, 4) is 0 Å². The topological polar surface area (TPSA) is 43.1 Å². The third-order valence-electron chi connectivity index (χ3n) is 13.8. The normalized spacial score (nSPS) is 49.8. The fourth-order valence-corrected chi connectivity index (χ4v) is 11.7. The predicted octanol–water partition coefficient (Wildman–Crippen LogP) is 8.16. The van der Waals surface area contributed by atoms with Gasteiger partial charge in [-0.25, -0.2) is 0 Å². The molecule has 0 saturated heterocycles. The van der Waals surface area contributed by atoms with Crippen LogP contribution in [0, 0.1) is 50.7 Å². The van der Waals surface area contributed by atoms with Crippen LogP contribution in [0.5, 0.6) is 0 Å². The van der Waals surface area contributed by atoms with Gasteiger partial charge in [-0.1, -0.05) is 67.0 Å². The van der Waals surface area contributed by atoms with E-state index in [2.05, 4.69) is 60.5 Å². The van der Waals surface area contributed by atoms with Gasteiger partial charge in [0.2, 0.25) is 0 Å². The molecule has 194 valence electrons. The van der Waals surface area contributed by atoms with Crippen LogP contribution < -0.4 is 0 Å². The van der Waals surface area contributed by atoms with E-state index in [0.717, 1.165) is 18.6 Å². The van der Waals surface area contributed by atoms with Gasteiger partial charge in [0.25, 0.3) is 0 Å². The van der Waals surface area contributed by atoms with E-state index in [1.807, 2.05) is 6.20 Å². The van der Waals surface area contributed by atoms with Crippen molar-refractivity contribution >= 4 is 5.78 Å². The minimum atomic E-state index is -0.0295. The van der Waals surface area contributed by atoms with Crippen molar-refractivity contribution in [2.45, 2.75) is 125 Å². The van der Waals surface area contributed by atoms with Crippen molar-refractivity contribution in [2.24, 2.45) is 50.7 Å². The quantitative estimate of drug-likeness (QED) is 0.408. The molecule has 4 saturated carbocycles. The smallest absolute Gasteiger partial charge is 0.145 e. The predicted molar refractivity (Wildman–Crippen MR) is 140 cm³/mol. The first-order chi connectivity index (χ1) is 16.2. The summed E-state index contributed by atoms with van der Waals surface area (Å²) in [6.45, 7) is 19.8. The van der Waals surface area contributed by atoms with Gasteiger partial charge < -0.3 is 4.52 Å². The lowest BCUT2D eigenvalue weighted by atomic mass is 9.31. The Morgan fingerprint density at radius 2 is 1.66 bits per heavy atom. The maximum Gasteiger partial charge on any atom is 0.145 e. The highest BCUT2D eigenvalue weighted by atomic mass is 16.5. The van der Waals surface area contributed by atoms with E-state index in [0.29, 0.717) is 34.4 Å². The maximum atomic E-state index is 14.5. The molecule has 35 heavy (non-hydrogen) atoms. The summed E-state index contributed by atoms with van der Waals surface area (Å²) in [6, 6.07) is 0. The van der Waals surface area contributed by atoms with Crippen LogP contribution in [0.4, 0.5) is 0 Å². The van der Waals surface area contributed by atoms with Crippen LogP contribution in [0.2, 0.25) is 0 Å². The SMILES string of the molecule is CC[C@]12CCC(C)(C)C[C@H]1[C@H]1C(=O)C[C@@H]3[C@@]4(C)Cc5cnoc5C(C)(C)[C@@H]4CC[C@@]3(C)[C@]1(C)CC2. The molecule has 0 spiro atoms. The number of carbonyl (C=O) groups is 1. The van der Waals surface area contributed by atoms with Crippen LogP contribution in [0.3, 0.4) is 0 Å². The average Bonchev–Trinajstić information content (AvgIpc) is 3.24. The zero-order chi connectivity index (χ0) is 25.2. The van der Waals surface area contributed by atoms with Crippen LogP contribution in [0.1, 0.15) is 125 Å². The molecule has 1 heterocycles. The van der Waals surface area contributed by atoms with Gasteiger partial charge in [0.05, 0.1) is 6.20 Å². The van der Waals surface area contributed by atoms with Crippen molar-refractivity contribution in [1.29, 1.82) is 0 Å².